The van der Waals surface area contributed by atoms with Crippen LogP contribution in [0.15, 0.2) is 110 Å². The topological polar surface area (TPSA) is 147 Å². The van der Waals surface area contributed by atoms with Gasteiger partial charge in [0.2, 0.25) is 0 Å². The van der Waals surface area contributed by atoms with E-state index in [1.807, 2.05) is 27.7 Å². The third kappa shape index (κ3) is 15.4. The van der Waals surface area contributed by atoms with E-state index >= 15 is 0 Å². The van der Waals surface area contributed by atoms with Gasteiger partial charge in [-0.1, -0.05) is 60.7 Å². The van der Waals surface area contributed by atoms with Crippen LogP contribution in [0.5, 0.6) is 0 Å². The first-order valence-corrected chi connectivity index (χ1v) is 14.1. The number of benzene rings is 2. The zero-order chi connectivity index (χ0) is 32.7. The molecule has 0 saturated heterocycles. The van der Waals surface area contributed by atoms with Crippen molar-refractivity contribution in [3.05, 3.63) is 132 Å². The van der Waals surface area contributed by atoms with E-state index < -0.39 is 11.9 Å². The summed E-state index contributed by atoms with van der Waals surface area (Å²) >= 11 is 0. The molecule has 0 aliphatic heterocycles. The summed E-state index contributed by atoms with van der Waals surface area (Å²) in [6.45, 7) is 10.8. The van der Waals surface area contributed by atoms with Crippen LogP contribution in [0.4, 0.5) is 0 Å². The third-order valence-corrected chi connectivity index (χ3v) is 5.94. The molecule has 11 heteroatoms. The Morgan fingerprint density at radius 1 is 0.511 bits per heavy atom. The number of carboxylic acid groups (broad SMARTS) is 2. The van der Waals surface area contributed by atoms with E-state index in [2.05, 4.69) is 9.97 Å². The molecule has 0 aliphatic rings. The fourth-order valence-electron chi connectivity index (χ4n) is 3.51. The van der Waals surface area contributed by atoms with Gasteiger partial charge in [-0.15, -0.1) is 0 Å². The number of amides is 2. The van der Waals surface area contributed by atoms with Crippen LogP contribution in [0.25, 0.3) is 0 Å². The Morgan fingerprint density at radius 2 is 0.800 bits per heavy atom. The molecule has 10 nitrogen and oxygen atoms in total. The third-order valence-electron chi connectivity index (χ3n) is 5.94. The van der Waals surface area contributed by atoms with Crippen LogP contribution in [0, 0.1) is 0 Å². The average molecular weight is 662 g/mol. The standard InChI is InChI=1S/2C10H14N2O.2C7H6O2.Cu/c2*1-3-12(4-2)10(13)9-6-5-7-11-8-9;2*8-7(9)6-4-2-1-3-5-6;/h2*5-8H,3-4H2,1-2H3;2*1-5H,(H,8,9);/q;;;;+2/p-2. The number of rotatable bonds is 8. The molecular weight excluding hydrogens is 624 g/mol. The number of pyridine rings is 2. The Balaban J connectivity index is 0.000000577. The summed E-state index contributed by atoms with van der Waals surface area (Å²) in [6.07, 6.45) is 6.53. The number of aromatic nitrogens is 2. The predicted molar refractivity (Wildman–Crippen MR) is 165 cm³/mol. The molecule has 241 valence electrons. The molecular formula is C34H38CuN4O6. The molecule has 0 atom stereocenters. The molecule has 2 aromatic heterocycles. The Kier molecular flexibility index (Phi) is 21.0. The summed E-state index contributed by atoms with van der Waals surface area (Å²) in [4.78, 5) is 54.9. The van der Waals surface area contributed by atoms with Crippen molar-refractivity contribution in [1.29, 1.82) is 0 Å². The molecule has 4 rings (SSSR count). The van der Waals surface area contributed by atoms with Crippen molar-refractivity contribution in [1.82, 2.24) is 19.8 Å². The number of hydrogen-bond acceptors (Lipinski definition) is 8. The number of carbonyl (C=O) groups is 4. The molecule has 0 N–H and O–H groups in total. The first kappa shape index (κ1) is 40.1. The fraction of sp³-hybridized carbons (Fsp3) is 0.235. The largest absolute Gasteiger partial charge is 2.00 e. The van der Waals surface area contributed by atoms with Gasteiger partial charge in [0.05, 0.1) is 23.1 Å². The summed E-state index contributed by atoms with van der Waals surface area (Å²) in [6, 6.07) is 23.2. The molecule has 2 aromatic carbocycles. The van der Waals surface area contributed by atoms with E-state index in [1.54, 1.807) is 95.3 Å². The van der Waals surface area contributed by atoms with Gasteiger partial charge in [-0.25, -0.2) is 0 Å². The van der Waals surface area contributed by atoms with Gasteiger partial charge in [0, 0.05) is 51.0 Å². The molecule has 45 heavy (non-hydrogen) atoms. The molecule has 0 unspecified atom stereocenters. The zero-order valence-corrected chi connectivity index (χ0v) is 26.7. The molecule has 0 spiro atoms. The monoisotopic (exact) mass is 661 g/mol. The van der Waals surface area contributed by atoms with Crippen LogP contribution < -0.4 is 10.2 Å². The second-order valence-corrected chi connectivity index (χ2v) is 8.75. The minimum absolute atomic E-state index is 0. The van der Waals surface area contributed by atoms with Crippen molar-refractivity contribution in [2.75, 3.05) is 26.2 Å². The van der Waals surface area contributed by atoms with Crippen LogP contribution in [-0.4, -0.2) is 69.7 Å². The maximum Gasteiger partial charge on any atom is 2.00 e. The van der Waals surface area contributed by atoms with Gasteiger partial charge in [0.25, 0.3) is 11.8 Å². The Bertz CT molecular complexity index is 1280. The Morgan fingerprint density at radius 3 is 1.00 bits per heavy atom. The zero-order valence-electron chi connectivity index (χ0n) is 25.8. The summed E-state index contributed by atoms with van der Waals surface area (Å²) in [7, 11) is 0. The number of nitrogens with zero attached hydrogens (tertiary/aromatic N) is 4. The van der Waals surface area contributed by atoms with E-state index in [1.165, 1.54) is 24.3 Å². The van der Waals surface area contributed by atoms with Crippen molar-refractivity contribution >= 4 is 23.8 Å². The average Bonchev–Trinajstić information content (AvgIpc) is 3.08. The van der Waals surface area contributed by atoms with Crippen LogP contribution in [0.1, 0.15) is 69.1 Å². The Labute approximate surface area is 275 Å². The summed E-state index contributed by atoms with van der Waals surface area (Å²) in [5, 5.41) is 20.2. The molecule has 0 aliphatic carbocycles. The molecule has 2 heterocycles. The molecule has 4 aromatic rings. The minimum atomic E-state index is -1.13. The van der Waals surface area contributed by atoms with E-state index in [9.17, 15) is 29.4 Å². The van der Waals surface area contributed by atoms with Crippen molar-refractivity contribution in [2.24, 2.45) is 0 Å². The maximum absolute atomic E-state index is 11.7. The van der Waals surface area contributed by atoms with Gasteiger partial charge in [-0.3, -0.25) is 19.6 Å². The van der Waals surface area contributed by atoms with E-state index in [-0.39, 0.29) is 40.0 Å². The molecule has 2 amide bonds. The van der Waals surface area contributed by atoms with E-state index in [4.69, 9.17) is 0 Å². The maximum atomic E-state index is 11.7. The van der Waals surface area contributed by atoms with Gasteiger partial charge < -0.3 is 29.6 Å². The van der Waals surface area contributed by atoms with Gasteiger partial charge in [-0.2, -0.15) is 0 Å². The summed E-state index contributed by atoms with van der Waals surface area (Å²) in [5.74, 6) is -2.15. The second-order valence-electron chi connectivity index (χ2n) is 8.75. The van der Waals surface area contributed by atoms with Crippen LogP contribution in [0.3, 0.4) is 0 Å². The normalized spacial score (nSPS) is 9.16. The molecule has 1 radical (unpaired) electrons. The first-order chi connectivity index (χ1) is 21.2. The van der Waals surface area contributed by atoms with E-state index in [0.29, 0.717) is 11.1 Å². The number of hydrogen-bond donors (Lipinski definition) is 0. The van der Waals surface area contributed by atoms with Crippen LogP contribution in [-0.2, 0) is 17.1 Å². The summed E-state index contributed by atoms with van der Waals surface area (Å²) < 4.78 is 0. The number of carboxylic acids is 2. The van der Waals surface area contributed by atoms with Gasteiger partial charge >= 0.3 is 17.1 Å². The SMILES string of the molecule is CCN(CC)C(=O)c1cccnc1.CCN(CC)C(=O)c1cccnc1.O=C([O-])c1ccccc1.O=C([O-])c1ccccc1.[Cu+2]. The Hall–Kier alpha value is -4.86. The van der Waals surface area contributed by atoms with Gasteiger partial charge in [-0.05, 0) is 63.1 Å². The molecule has 0 bridgehead atoms. The fourth-order valence-corrected chi connectivity index (χ4v) is 3.51. The van der Waals surface area contributed by atoms with E-state index in [0.717, 1.165) is 26.2 Å². The van der Waals surface area contributed by atoms with Gasteiger partial charge in [0.1, 0.15) is 0 Å². The molecule has 0 saturated carbocycles. The molecule has 0 fully saturated rings. The van der Waals surface area contributed by atoms with Crippen molar-refractivity contribution in [2.45, 2.75) is 27.7 Å². The quantitative estimate of drug-likeness (QED) is 0.262. The smallest absolute Gasteiger partial charge is 0.545 e. The predicted octanol–water partition coefficient (Wildman–Crippen LogP) is 3.22. The van der Waals surface area contributed by atoms with Crippen molar-refractivity contribution in [3.8, 4) is 0 Å². The van der Waals surface area contributed by atoms with Crippen LogP contribution in [0.2, 0.25) is 0 Å². The first-order valence-electron chi connectivity index (χ1n) is 14.1. The number of aromatic carboxylic acids is 2. The number of carbonyl (C=O) groups excluding carboxylic acids is 4. The minimum Gasteiger partial charge on any atom is -0.545 e. The van der Waals surface area contributed by atoms with Crippen LogP contribution >= 0.6 is 0 Å². The van der Waals surface area contributed by atoms with Crippen molar-refractivity contribution < 1.29 is 46.5 Å². The summed E-state index contributed by atoms with van der Waals surface area (Å²) in [5.41, 5.74) is 1.76. The van der Waals surface area contributed by atoms with Gasteiger partial charge in [0.15, 0.2) is 0 Å². The van der Waals surface area contributed by atoms with Crippen molar-refractivity contribution in [3.63, 3.8) is 0 Å². The second kappa shape index (κ2) is 23.6.